The van der Waals surface area contributed by atoms with E-state index >= 15 is 0 Å². The molecule has 0 aromatic heterocycles. The molecule has 0 spiro atoms. The standard InChI is InChI=1S/C26H24O5/c1-28-20-5-3-4-18(14-20)21-12-17(6-8-22(21)29-2)13-25(27)26(10-11-26)19-7-9-23-24(15-19)31-16-30-23/h3-9,12,14-15H,10-11,13,16H2,1-2H3. The molecule has 31 heavy (non-hydrogen) atoms. The van der Waals surface area contributed by atoms with Gasteiger partial charge in [0.15, 0.2) is 11.5 Å². The average Bonchev–Trinajstić information content (AvgIpc) is 3.50. The van der Waals surface area contributed by atoms with Gasteiger partial charge in [0.25, 0.3) is 0 Å². The lowest BCUT2D eigenvalue weighted by Crippen LogP contribution is -2.22. The van der Waals surface area contributed by atoms with Crippen LogP contribution in [0.3, 0.4) is 0 Å². The molecule has 0 bridgehead atoms. The fourth-order valence-electron chi connectivity index (χ4n) is 4.28. The van der Waals surface area contributed by atoms with Crippen LogP contribution in [0.1, 0.15) is 24.0 Å². The first-order chi connectivity index (χ1) is 15.1. The molecule has 3 aromatic carbocycles. The van der Waals surface area contributed by atoms with Gasteiger partial charge in [-0.15, -0.1) is 0 Å². The van der Waals surface area contributed by atoms with Crippen molar-refractivity contribution in [3.05, 3.63) is 71.8 Å². The Balaban J connectivity index is 1.43. The second kappa shape index (κ2) is 7.65. The predicted octanol–water partition coefficient (Wildman–Crippen LogP) is 4.94. The summed E-state index contributed by atoms with van der Waals surface area (Å²) in [6, 6.07) is 19.6. The number of hydrogen-bond acceptors (Lipinski definition) is 5. The van der Waals surface area contributed by atoms with E-state index in [1.165, 1.54) is 0 Å². The predicted molar refractivity (Wildman–Crippen MR) is 117 cm³/mol. The molecule has 158 valence electrons. The van der Waals surface area contributed by atoms with Gasteiger partial charge in [0.2, 0.25) is 6.79 Å². The average molecular weight is 416 g/mol. The first-order valence-electron chi connectivity index (χ1n) is 10.4. The zero-order valence-electron chi connectivity index (χ0n) is 17.6. The number of fused-ring (bicyclic) bond motifs is 1. The van der Waals surface area contributed by atoms with Crippen molar-refractivity contribution >= 4 is 5.78 Å². The lowest BCUT2D eigenvalue weighted by molar-refractivity contribution is -0.120. The molecule has 1 saturated carbocycles. The Kier molecular flexibility index (Phi) is 4.81. The van der Waals surface area contributed by atoms with E-state index in [1.54, 1.807) is 14.2 Å². The number of Topliss-reactive ketones (excluding diaryl/α,β-unsaturated/α-hetero) is 1. The molecule has 5 rings (SSSR count). The first kappa shape index (κ1) is 19.5. The summed E-state index contributed by atoms with van der Waals surface area (Å²) in [7, 11) is 3.30. The van der Waals surface area contributed by atoms with Crippen LogP contribution in [0.5, 0.6) is 23.0 Å². The van der Waals surface area contributed by atoms with Crippen LogP contribution in [-0.4, -0.2) is 26.8 Å². The summed E-state index contributed by atoms with van der Waals surface area (Å²) in [6.07, 6.45) is 2.10. The van der Waals surface area contributed by atoms with Crippen LogP contribution in [0, 0.1) is 0 Å². The van der Waals surface area contributed by atoms with E-state index < -0.39 is 5.41 Å². The Morgan fingerprint density at radius 2 is 1.77 bits per heavy atom. The Labute approximate surface area is 181 Å². The molecule has 0 radical (unpaired) electrons. The van der Waals surface area contributed by atoms with Crippen molar-refractivity contribution in [2.45, 2.75) is 24.7 Å². The van der Waals surface area contributed by atoms with E-state index in [4.69, 9.17) is 18.9 Å². The SMILES string of the molecule is COc1cccc(-c2cc(CC(=O)C3(c4ccc5c(c4)OCO5)CC3)ccc2OC)c1. The van der Waals surface area contributed by atoms with Gasteiger partial charge in [0, 0.05) is 12.0 Å². The summed E-state index contributed by atoms with van der Waals surface area (Å²) in [5, 5.41) is 0. The maximum Gasteiger partial charge on any atom is 0.231 e. The number of ether oxygens (including phenoxy) is 4. The van der Waals surface area contributed by atoms with E-state index in [1.807, 2.05) is 60.7 Å². The lowest BCUT2D eigenvalue weighted by Gasteiger charge is -2.16. The van der Waals surface area contributed by atoms with Crippen molar-refractivity contribution in [3.63, 3.8) is 0 Å². The number of ketones is 1. The topological polar surface area (TPSA) is 54.0 Å². The Morgan fingerprint density at radius 3 is 2.55 bits per heavy atom. The van der Waals surface area contributed by atoms with Crippen LogP contribution in [0.2, 0.25) is 0 Å². The molecule has 0 saturated heterocycles. The van der Waals surface area contributed by atoms with E-state index in [0.717, 1.165) is 58.1 Å². The highest BCUT2D eigenvalue weighted by molar-refractivity contribution is 5.95. The van der Waals surface area contributed by atoms with Crippen LogP contribution in [0.4, 0.5) is 0 Å². The van der Waals surface area contributed by atoms with Crippen LogP contribution >= 0.6 is 0 Å². The molecular formula is C26H24O5. The molecule has 0 amide bonds. The molecular weight excluding hydrogens is 392 g/mol. The Hall–Kier alpha value is -3.47. The third kappa shape index (κ3) is 3.50. The monoisotopic (exact) mass is 416 g/mol. The molecule has 1 aliphatic carbocycles. The summed E-state index contributed by atoms with van der Waals surface area (Å²) >= 11 is 0. The van der Waals surface area contributed by atoms with Crippen molar-refractivity contribution in [3.8, 4) is 34.1 Å². The number of rotatable bonds is 7. The van der Waals surface area contributed by atoms with Gasteiger partial charge in [-0.3, -0.25) is 4.79 Å². The Bertz CT molecular complexity index is 1150. The number of hydrogen-bond donors (Lipinski definition) is 0. The molecule has 1 aliphatic heterocycles. The minimum Gasteiger partial charge on any atom is -0.497 e. The molecule has 0 atom stereocenters. The van der Waals surface area contributed by atoms with Crippen molar-refractivity contribution in [1.82, 2.24) is 0 Å². The summed E-state index contributed by atoms with van der Waals surface area (Å²) in [5.74, 6) is 3.24. The molecule has 3 aromatic rings. The van der Waals surface area contributed by atoms with Crippen molar-refractivity contribution < 1.29 is 23.7 Å². The summed E-state index contributed by atoms with van der Waals surface area (Å²) < 4.78 is 21.9. The maximum atomic E-state index is 13.4. The summed E-state index contributed by atoms with van der Waals surface area (Å²) in [5.41, 5.74) is 3.50. The van der Waals surface area contributed by atoms with Gasteiger partial charge in [-0.25, -0.2) is 0 Å². The highest BCUT2D eigenvalue weighted by Crippen LogP contribution is 2.51. The van der Waals surface area contributed by atoms with E-state index in [9.17, 15) is 4.79 Å². The van der Waals surface area contributed by atoms with Gasteiger partial charge >= 0.3 is 0 Å². The van der Waals surface area contributed by atoms with Gasteiger partial charge in [-0.05, 0) is 65.9 Å². The second-order valence-corrected chi connectivity index (χ2v) is 8.02. The van der Waals surface area contributed by atoms with Gasteiger partial charge in [-0.1, -0.05) is 24.3 Å². The molecule has 1 fully saturated rings. The smallest absolute Gasteiger partial charge is 0.231 e. The van der Waals surface area contributed by atoms with E-state index in [2.05, 4.69) is 0 Å². The molecule has 5 nitrogen and oxygen atoms in total. The van der Waals surface area contributed by atoms with E-state index in [-0.39, 0.29) is 12.6 Å². The maximum absolute atomic E-state index is 13.4. The van der Waals surface area contributed by atoms with Gasteiger partial charge in [0.05, 0.1) is 19.6 Å². The number of benzene rings is 3. The third-order valence-corrected chi connectivity index (χ3v) is 6.22. The molecule has 2 aliphatic rings. The number of carbonyl (C=O) groups excluding carboxylic acids is 1. The number of carbonyl (C=O) groups is 1. The number of methoxy groups -OCH3 is 2. The van der Waals surface area contributed by atoms with Crippen LogP contribution in [0.15, 0.2) is 60.7 Å². The minimum absolute atomic E-state index is 0.230. The first-order valence-corrected chi connectivity index (χ1v) is 10.4. The summed E-state index contributed by atoms with van der Waals surface area (Å²) in [6.45, 7) is 0.235. The minimum atomic E-state index is -0.420. The third-order valence-electron chi connectivity index (χ3n) is 6.22. The van der Waals surface area contributed by atoms with Gasteiger partial charge in [-0.2, -0.15) is 0 Å². The fourth-order valence-corrected chi connectivity index (χ4v) is 4.28. The van der Waals surface area contributed by atoms with Gasteiger partial charge < -0.3 is 18.9 Å². The molecule has 0 unspecified atom stereocenters. The largest absolute Gasteiger partial charge is 0.497 e. The zero-order valence-corrected chi connectivity index (χ0v) is 17.6. The quantitative estimate of drug-likeness (QED) is 0.546. The van der Waals surface area contributed by atoms with Crippen LogP contribution in [0.25, 0.3) is 11.1 Å². The molecule has 0 N–H and O–H groups in total. The van der Waals surface area contributed by atoms with Gasteiger partial charge in [0.1, 0.15) is 17.3 Å². The highest BCUT2D eigenvalue weighted by Gasteiger charge is 2.50. The molecule has 5 heteroatoms. The van der Waals surface area contributed by atoms with Crippen molar-refractivity contribution in [2.75, 3.05) is 21.0 Å². The normalized spacial score (nSPS) is 15.4. The zero-order chi connectivity index (χ0) is 21.4. The van der Waals surface area contributed by atoms with Crippen LogP contribution < -0.4 is 18.9 Å². The second-order valence-electron chi connectivity index (χ2n) is 8.02. The lowest BCUT2D eigenvalue weighted by atomic mass is 9.87. The van der Waals surface area contributed by atoms with E-state index in [0.29, 0.717) is 6.42 Å². The van der Waals surface area contributed by atoms with Crippen LogP contribution in [-0.2, 0) is 16.6 Å². The molecule has 1 heterocycles. The fraction of sp³-hybridized carbons (Fsp3) is 0.269. The Morgan fingerprint density at radius 1 is 0.935 bits per heavy atom. The van der Waals surface area contributed by atoms with Crippen molar-refractivity contribution in [1.29, 1.82) is 0 Å². The highest BCUT2D eigenvalue weighted by atomic mass is 16.7. The summed E-state index contributed by atoms with van der Waals surface area (Å²) in [4.78, 5) is 13.4. The van der Waals surface area contributed by atoms with Crippen molar-refractivity contribution in [2.24, 2.45) is 0 Å².